The molecule has 1 aromatic carbocycles. The zero-order chi connectivity index (χ0) is 18.6. The summed E-state index contributed by atoms with van der Waals surface area (Å²) < 4.78 is 19.5. The number of carbonyl (C=O) groups excluding carboxylic acids is 1. The van der Waals surface area contributed by atoms with E-state index in [1.807, 2.05) is 4.90 Å². The third kappa shape index (κ3) is 4.01. The highest BCUT2D eigenvalue weighted by atomic mass is 19.1. The van der Waals surface area contributed by atoms with E-state index in [9.17, 15) is 14.3 Å². The van der Waals surface area contributed by atoms with Gasteiger partial charge in [0.05, 0.1) is 25.3 Å². The molecule has 0 unspecified atom stereocenters. The molecule has 26 heavy (non-hydrogen) atoms. The Labute approximate surface area is 154 Å². The van der Waals surface area contributed by atoms with Crippen molar-refractivity contribution in [3.63, 3.8) is 0 Å². The lowest BCUT2D eigenvalue weighted by molar-refractivity contribution is -0.134. The van der Waals surface area contributed by atoms with E-state index in [2.05, 4.69) is 4.90 Å². The van der Waals surface area contributed by atoms with Gasteiger partial charge in [-0.1, -0.05) is 12.1 Å². The van der Waals surface area contributed by atoms with Crippen LogP contribution in [0.4, 0.5) is 10.1 Å². The Kier molecular flexibility index (Phi) is 6.14. The van der Waals surface area contributed by atoms with Crippen LogP contribution in [0.3, 0.4) is 0 Å². The van der Waals surface area contributed by atoms with Crippen molar-refractivity contribution in [1.82, 2.24) is 4.90 Å². The molecule has 2 aliphatic rings. The van der Waals surface area contributed by atoms with E-state index < -0.39 is 0 Å². The van der Waals surface area contributed by atoms with Crippen LogP contribution >= 0.6 is 0 Å². The Balaban J connectivity index is 1.55. The van der Waals surface area contributed by atoms with Crippen molar-refractivity contribution in [2.45, 2.75) is 38.7 Å². The molecule has 0 atom stereocenters. The summed E-state index contributed by atoms with van der Waals surface area (Å²) in [6.07, 6.45) is 4.56. The molecule has 0 radical (unpaired) electrons. The first-order valence-corrected chi connectivity index (χ1v) is 9.48. The standard InChI is InChI=1S/C20H29FN2O3/c1-26-14-5-18(25)23-12-8-20(9-13-23)6-10-22(11-7-20)17-4-2-3-16(15-24)19(17)21/h2-4,24H,5-15H2,1H3. The number of hydrogen-bond donors (Lipinski definition) is 1. The van der Waals surface area contributed by atoms with Crippen LogP contribution in [0.25, 0.3) is 0 Å². The van der Waals surface area contributed by atoms with Crippen molar-refractivity contribution in [1.29, 1.82) is 0 Å². The van der Waals surface area contributed by atoms with Gasteiger partial charge in [-0.3, -0.25) is 4.79 Å². The molecule has 144 valence electrons. The molecule has 5 nitrogen and oxygen atoms in total. The molecule has 3 rings (SSSR count). The number of methoxy groups -OCH3 is 1. The Morgan fingerprint density at radius 2 is 1.85 bits per heavy atom. The predicted molar refractivity (Wildman–Crippen MR) is 98.5 cm³/mol. The summed E-state index contributed by atoms with van der Waals surface area (Å²) in [7, 11) is 1.62. The van der Waals surface area contributed by atoms with Gasteiger partial charge in [0.2, 0.25) is 5.91 Å². The molecule has 0 aliphatic carbocycles. The number of ether oxygens (including phenoxy) is 1. The fourth-order valence-corrected chi connectivity index (χ4v) is 4.23. The summed E-state index contributed by atoms with van der Waals surface area (Å²) in [6, 6.07) is 5.22. The number of nitrogens with zero attached hydrogens (tertiary/aromatic N) is 2. The molecule has 0 saturated carbocycles. The molecule has 2 saturated heterocycles. The van der Waals surface area contributed by atoms with Crippen molar-refractivity contribution in [3.05, 3.63) is 29.6 Å². The van der Waals surface area contributed by atoms with Gasteiger partial charge in [0.25, 0.3) is 0 Å². The second-order valence-corrected chi connectivity index (χ2v) is 7.52. The monoisotopic (exact) mass is 364 g/mol. The highest BCUT2D eigenvalue weighted by molar-refractivity contribution is 5.76. The number of amides is 1. The van der Waals surface area contributed by atoms with E-state index >= 15 is 0 Å². The molecule has 1 amide bonds. The zero-order valence-electron chi connectivity index (χ0n) is 15.5. The number of rotatable bonds is 5. The minimum absolute atomic E-state index is 0.182. The van der Waals surface area contributed by atoms with Crippen LogP contribution in [-0.2, 0) is 16.1 Å². The Hall–Kier alpha value is -1.66. The Morgan fingerprint density at radius 1 is 1.19 bits per heavy atom. The maximum Gasteiger partial charge on any atom is 0.224 e. The van der Waals surface area contributed by atoms with Gasteiger partial charge in [0, 0.05) is 38.9 Å². The van der Waals surface area contributed by atoms with Crippen LogP contribution in [0.5, 0.6) is 0 Å². The van der Waals surface area contributed by atoms with E-state index in [0.29, 0.717) is 24.3 Å². The van der Waals surface area contributed by atoms with Gasteiger partial charge in [0.15, 0.2) is 5.82 Å². The van der Waals surface area contributed by atoms with Gasteiger partial charge in [-0.15, -0.1) is 0 Å². The van der Waals surface area contributed by atoms with Crippen molar-refractivity contribution < 1.29 is 19.0 Å². The van der Waals surface area contributed by atoms with Crippen LogP contribution < -0.4 is 4.90 Å². The molecule has 2 aliphatic heterocycles. The van der Waals surface area contributed by atoms with E-state index in [0.717, 1.165) is 51.9 Å². The summed E-state index contributed by atoms with van der Waals surface area (Å²) in [5, 5.41) is 9.27. The third-order valence-corrected chi connectivity index (χ3v) is 6.09. The summed E-state index contributed by atoms with van der Waals surface area (Å²) in [5.41, 5.74) is 1.23. The van der Waals surface area contributed by atoms with Crippen LogP contribution in [0, 0.1) is 11.2 Å². The summed E-state index contributed by atoms with van der Waals surface area (Å²) in [6.45, 7) is 3.49. The largest absolute Gasteiger partial charge is 0.392 e. The SMILES string of the molecule is COCCC(=O)N1CCC2(CC1)CCN(c1cccc(CO)c1F)CC2. The summed E-state index contributed by atoms with van der Waals surface area (Å²) in [5.74, 6) is -0.119. The first-order valence-electron chi connectivity index (χ1n) is 9.48. The van der Waals surface area contributed by atoms with Crippen LogP contribution in [0.1, 0.15) is 37.7 Å². The molecule has 2 fully saturated rings. The predicted octanol–water partition coefficient (Wildman–Crippen LogP) is 2.56. The normalized spacial score (nSPS) is 19.8. The first kappa shape index (κ1) is 19.1. The second-order valence-electron chi connectivity index (χ2n) is 7.52. The van der Waals surface area contributed by atoms with Gasteiger partial charge in [-0.25, -0.2) is 4.39 Å². The minimum atomic E-state index is -0.301. The topological polar surface area (TPSA) is 53.0 Å². The average Bonchev–Trinajstić information content (AvgIpc) is 2.68. The maximum absolute atomic E-state index is 14.5. The lowest BCUT2D eigenvalue weighted by atomic mass is 9.71. The number of aliphatic hydroxyl groups is 1. The van der Waals surface area contributed by atoms with Gasteiger partial charge >= 0.3 is 0 Å². The summed E-state index contributed by atoms with van der Waals surface area (Å²) >= 11 is 0. The molecule has 0 aromatic heterocycles. The average molecular weight is 364 g/mol. The van der Waals surface area contributed by atoms with Crippen LogP contribution in [0.2, 0.25) is 0 Å². The number of carbonyl (C=O) groups is 1. The smallest absolute Gasteiger partial charge is 0.224 e. The Morgan fingerprint density at radius 3 is 2.46 bits per heavy atom. The van der Waals surface area contributed by atoms with Crippen molar-refractivity contribution in [2.24, 2.45) is 5.41 Å². The minimum Gasteiger partial charge on any atom is -0.392 e. The molecule has 1 spiro atoms. The fraction of sp³-hybridized carbons (Fsp3) is 0.650. The number of benzene rings is 1. The van der Waals surface area contributed by atoms with Gasteiger partial charge in [-0.05, 0) is 37.2 Å². The van der Waals surface area contributed by atoms with Gasteiger partial charge < -0.3 is 19.6 Å². The lowest BCUT2D eigenvalue weighted by Gasteiger charge is -2.47. The third-order valence-electron chi connectivity index (χ3n) is 6.09. The van der Waals surface area contributed by atoms with E-state index in [1.165, 1.54) is 0 Å². The molecule has 0 bridgehead atoms. The molecule has 6 heteroatoms. The van der Waals surface area contributed by atoms with Crippen LogP contribution in [0.15, 0.2) is 18.2 Å². The number of piperidine rings is 2. The Bertz CT molecular complexity index is 619. The van der Waals surface area contributed by atoms with E-state index in [1.54, 1.807) is 25.3 Å². The lowest BCUT2D eigenvalue weighted by Crippen LogP contribution is -2.48. The van der Waals surface area contributed by atoms with Crippen molar-refractivity contribution >= 4 is 11.6 Å². The maximum atomic E-state index is 14.5. The zero-order valence-corrected chi connectivity index (χ0v) is 15.5. The number of hydrogen-bond acceptors (Lipinski definition) is 4. The second kappa shape index (κ2) is 8.35. The first-order chi connectivity index (χ1) is 12.6. The molecular formula is C20H29FN2O3. The van der Waals surface area contributed by atoms with Gasteiger partial charge in [-0.2, -0.15) is 0 Å². The van der Waals surface area contributed by atoms with Crippen LogP contribution in [-0.4, -0.2) is 55.8 Å². The van der Waals surface area contributed by atoms with Crippen molar-refractivity contribution in [2.75, 3.05) is 44.8 Å². The number of likely N-dealkylation sites (tertiary alicyclic amines) is 1. The van der Waals surface area contributed by atoms with Gasteiger partial charge in [0.1, 0.15) is 0 Å². The molecule has 2 heterocycles. The quantitative estimate of drug-likeness (QED) is 0.873. The highest BCUT2D eigenvalue weighted by Gasteiger charge is 2.38. The summed E-state index contributed by atoms with van der Waals surface area (Å²) in [4.78, 5) is 16.2. The van der Waals surface area contributed by atoms with E-state index in [-0.39, 0.29) is 23.7 Å². The fourth-order valence-electron chi connectivity index (χ4n) is 4.23. The number of aliphatic hydroxyl groups excluding tert-OH is 1. The van der Waals surface area contributed by atoms with Crippen molar-refractivity contribution in [3.8, 4) is 0 Å². The molecule has 1 aromatic rings. The molecular weight excluding hydrogens is 335 g/mol. The number of halogens is 1. The number of anilines is 1. The highest BCUT2D eigenvalue weighted by Crippen LogP contribution is 2.42. The molecule has 1 N–H and O–H groups in total. The van der Waals surface area contributed by atoms with E-state index in [4.69, 9.17) is 4.74 Å².